The highest BCUT2D eigenvalue weighted by molar-refractivity contribution is 7.80. The second-order valence-electron chi connectivity index (χ2n) is 3.83. The molecule has 0 aliphatic carbocycles. The number of rotatable bonds is 3. The lowest BCUT2D eigenvalue weighted by Crippen LogP contribution is -2.22. The number of aromatic amines is 1. The van der Waals surface area contributed by atoms with Crippen molar-refractivity contribution in [2.24, 2.45) is 0 Å². The summed E-state index contributed by atoms with van der Waals surface area (Å²) in [7, 11) is 0. The van der Waals surface area contributed by atoms with Gasteiger partial charge in [0.25, 0.3) is 11.2 Å². The van der Waals surface area contributed by atoms with Crippen molar-refractivity contribution in [3.05, 3.63) is 50.9 Å². The minimum absolute atomic E-state index is 0.0380. The molecular formula is C11H9N5O4S. The first-order valence-corrected chi connectivity index (χ1v) is 5.97. The first-order chi connectivity index (χ1) is 9.95. The molecule has 0 fully saturated rings. The average Bonchev–Trinajstić information content (AvgIpc) is 2.43. The molecule has 1 aromatic heterocycles. The van der Waals surface area contributed by atoms with Crippen LogP contribution in [0.2, 0.25) is 0 Å². The Labute approximate surface area is 122 Å². The highest BCUT2D eigenvalue weighted by Gasteiger charge is 2.06. The van der Waals surface area contributed by atoms with E-state index in [-0.39, 0.29) is 16.7 Å². The number of H-pyrrole nitrogens is 1. The van der Waals surface area contributed by atoms with E-state index in [1.54, 1.807) is 0 Å². The number of non-ortho nitro benzene ring substituents is 1. The number of anilines is 2. The van der Waals surface area contributed by atoms with Crippen LogP contribution in [0.25, 0.3) is 0 Å². The number of hydrogen-bond donors (Lipinski definition) is 4. The highest BCUT2D eigenvalue weighted by atomic mass is 32.1. The zero-order chi connectivity index (χ0) is 15.4. The van der Waals surface area contributed by atoms with Crippen LogP contribution in [-0.2, 0) is 0 Å². The Hall–Kier alpha value is -3.01. The van der Waals surface area contributed by atoms with Crippen LogP contribution in [0.1, 0.15) is 0 Å². The molecule has 4 N–H and O–H groups in total. The van der Waals surface area contributed by atoms with Crippen LogP contribution in [0.4, 0.5) is 17.3 Å². The third-order valence-corrected chi connectivity index (χ3v) is 2.55. The predicted octanol–water partition coefficient (Wildman–Crippen LogP) is 1.19. The fourth-order valence-electron chi connectivity index (χ4n) is 1.39. The molecule has 0 bridgehead atoms. The summed E-state index contributed by atoms with van der Waals surface area (Å²) in [5.74, 6) is -0.452. The van der Waals surface area contributed by atoms with Gasteiger partial charge in [0.05, 0.1) is 11.1 Å². The first-order valence-electron chi connectivity index (χ1n) is 5.56. The maximum atomic E-state index is 11.2. The van der Waals surface area contributed by atoms with Crippen molar-refractivity contribution in [3.8, 4) is 5.75 Å². The summed E-state index contributed by atoms with van der Waals surface area (Å²) < 4.78 is 0. The third-order valence-electron chi connectivity index (χ3n) is 2.35. The van der Waals surface area contributed by atoms with Crippen molar-refractivity contribution < 1.29 is 10.0 Å². The molecule has 21 heavy (non-hydrogen) atoms. The zero-order valence-corrected chi connectivity index (χ0v) is 11.2. The molecule has 0 amide bonds. The van der Waals surface area contributed by atoms with Crippen LogP contribution in [0.15, 0.2) is 35.3 Å². The zero-order valence-electron chi connectivity index (χ0n) is 10.4. The Balaban J connectivity index is 2.02. The van der Waals surface area contributed by atoms with E-state index in [0.29, 0.717) is 5.69 Å². The van der Waals surface area contributed by atoms with Gasteiger partial charge in [0, 0.05) is 17.8 Å². The van der Waals surface area contributed by atoms with Gasteiger partial charge in [-0.1, -0.05) is 0 Å². The predicted molar refractivity (Wildman–Crippen MR) is 79.5 cm³/mol. The van der Waals surface area contributed by atoms with Gasteiger partial charge in [-0.2, -0.15) is 0 Å². The summed E-state index contributed by atoms with van der Waals surface area (Å²) in [5, 5.41) is 25.1. The van der Waals surface area contributed by atoms with Gasteiger partial charge in [-0.25, -0.2) is 4.98 Å². The highest BCUT2D eigenvalue weighted by Crippen LogP contribution is 2.15. The van der Waals surface area contributed by atoms with E-state index in [1.165, 1.54) is 24.3 Å². The maximum Gasteiger partial charge on any atom is 0.294 e. The van der Waals surface area contributed by atoms with Gasteiger partial charge >= 0.3 is 0 Å². The Morgan fingerprint density at radius 1 is 1.33 bits per heavy atom. The number of nitro groups is 1. The average molecular weight is 307 g/mol. The van der Waals surface area contributed by atoms with Crippen LogP contribution in [0.5, 0.6) is 5.75 Å². The molecule has 0 saturated carbocycles. The van der Waals surface area contributed by atoms with Crippen molar-refractivity contribution in [2.75, 3.05) is 10.6 Å². The normalized spacial score (nSPS) is 9.90. The molecule has 0 unspecified atom stereocenters. The lowest BCUT2D eigenvalue weighted by atomic mass is 10.3. The van der Waals surface area contributed by atoms with E-state index >= 15 is 0 Å². The second-order valence-corrected chi connectivity index (χ2v) is 4.24. The second kappa shape index (κ2) is 5.96. The van der Waals surface area contributed by atoms with Gasteiger partial charge in [-0.05, 0) is 24.4 Å². The quantitative estimate of drug-likeness (QED) is 0.377. The van der Waals surface area contributed by atoms with E-state index < -0.39 is 16.2 Å². The molecule has 2 rings (SSSR count). The summed E-state index contributed by atoms with van der Waals surface area (Å²) >= 11 is 5.00. The smallest absolute Gasteiger partial charge is 0.294 e. The van der Waals surface area contributed by atoms with Crippen LogP contribution in [0, 0.1) is 10.1 Å². The molecular weight excluding hydrogens is 298 g/mol. The lowest BCUT2D eigenvalue weighted by Gasteiger charge is -2.09. The van der Waals surface area contributed by atoms with E-state index in [9.17, 15) is 14.9 Å². The van der Waals surface area contributed by atoms with E-state index in [0.717, 1.165) is 6.20 Å². The fourth-order valence-corrected chi connectivity index (χ4v) is 1.60. The van der Waals surface area contributed by atoms with Crippen LogP contribution in [0.3, 0.4) is 0 Å². The monoisotopic (exact) mass is 307 g/mol. The molecule has 0 saturated heterocycles. The molecule has 0 aliphatic heterocycles. The van der Waals surface area contributed by atoms with Crippen molar-refractivity contribution in [2.45, 2.75) is 0 Å². The van der Waals surface area contributed by atoms with Crippen molar-refractivity contribution in [1.82, 2.24) is 9.97 Å². The Morgan fingerprint density at radius 3 is 2.57 bits per heavy atom. The molecule has 0 aliphatic rings. The van der Waals surface area contributed by atoms with E-state index in [4.69, 9.17) is 17.3 Å². The minimum Gasteiger partial charge on any atom is -0.502 e. The maximum absolute atomic E-state index is 11.2. The first kappa shape index (κ1) is 14.4. The number of aromatic nitrogens is 2. The molecule has 0 radical (unpaired) electrons. The van der Waals surface area contributed by atoms with Crippen molar-refractivity contribution in [1.29, 1.82) is 0 Å². The number of nitrogens with zero attached hydrogens (tertiary/aromatic N) is 2. The molecule has 2 aromatic rings. The van der Waals surface area contributed by atoms with E-state index in [2.05, 4.69) is 20.6 Å². The summed E-state index contributed by atoms with van der Waals surface area (Å²) in [5.41, 5.74) is -0.214. The lowest BCUT2D eigenvalue weighted by molar-refractivity contribution is -0.384. The Kier molecular flexibility index (Phi) is 4.09. The number of hydrogen-bond acceptors (Lipinski definition) is 6. The van der Waals surface area contributed by atoms with Crippen LogP contribution in [-0.4, -0.2) is 25.1 Å². The van der Waals surface area contributed by atoms with Gasteiger partial charge in [0.15, 0.2) is 10.9 Å². The van der Waals surface area contributed by atoms with Crippen LogP contribution < -0.4 is 16.2 Å². The number of nitro benzene ring substituents is 1. The summed E-state index contributed by atoms with van der Waals surface area (Å²) in [6.45, 7) is 0. The van der Waals surface area contributed by atoms with Gasteiger partial charge in [0.2, 0.25) is 5.95 Å². The standard InChI is InChI=1S/C11H9N5O4S/c17-8-5-12-10(14-9(8)18)15-11(21)13-6-1-3-7(4-2-6)16(19)20/h1-5,17H,(H3,12,13,14,15,18,21). The number of benzene rings is 1. The summed E-state index contributed by atoms with van der Waals surface area (Å²) in [4.78, 5) is 27.2. The van der Waals surface area contributed by atoms with Crippen molar-refractivity contribution in [3.63, 3.8) is 0 Å². The molecule has 1 aromatic carbocycles. The Morgan fingerprint density at radius 2 is 2.00 bits per heavy atom. The molecule has 9 nitrogen and oxygen atoms in total. The number of nitrogens with one attached hydrogen (secondary N) is 3. The van der Waals surface area contributed by atoms with Gasteiger partial charge in [-0.3, -0.25) is 19.9 Å². The van der Waals surface area contributed by atoms with Crippen molar-refractivity contribution >= 4 is 34.7 Å². The van der Waals surface area contributed by atoms with Gasteiger partial charge < -0.3 is 15.7 Å². The van der Waals surface area contributed by atoms with Crippen LogP contribution >= 0.6 is 12.2 Å². The molecule has 108 valence electrons. The SMILES string of the molecule is O=c1[nH]c(NC(=S)Nc2ccc([N+](=O)[O-])cc2)ncc1O. The minimum atomic E-state index is -0.703. The van der Waals surface area contributed by atoms with Gasteiger partial charge in [-0.15, -0.1) is 0 Å². The summed E-state index contributed by atoms with van der Waals surface area (Å²) in [6, 6.07) is 5.62. The summed E-state index contributed by atoms with van der Waals surface area (Å²) in [6.07, 6.45) is 0.982. The van der Waals surface area contributed by atoms with Gasteiger partial charge in [0.1, 0.15) is 0 Å². The molecule has 0 spiro atoms. The topological polar surface area (TPSA) is 133 Å². The third kappa shape index (κ3) is 3.73. The molecule has 1 heterocycles. The van der Waals surface area contributed by atoms with E-state index in [1.807, 2.05) is 0 Å². The molecule has 10 heteroatoms. The Bertz CT molecular complexity index is 743. The molecule has 0 atom stereocenters. The fraction of sp³-hybridized carbons (Fsp3) is 0. The number of thiocarbonyl (C=S) groups is 1. The number of aromatic hydroxyl groups is 1. The largest absolute Gasteiger partial charge is 0.502 e.